The Morgan fingerprint density at radius 2 is 1.74 bits per heavy atom. The van der Waals surface area contributed by atoms with Gasteiger partial charge in [0, 0.05) is 37.1 Å². The summed E-state index contributed by atoms with van der Waals surface area (Å²) in [7, 11) is 2.28. The minimum Gasteiger partial charge on any atom is -0.440 e. The van der Waals surface area contributed by atoms with E-state index in [4.69, 9.17) is 0 Å². The highest BCUT2D eigenvalue weighted by molar-refractivity contribution is 7.74. The normalized spacial score (nSPS) is 12.2. The molecule has 0 saturated heterocycles. The first-order valence-corrected chi connectivity index (χ1v) is 14.9. The highest BCUT2D eigenvalue weighted by Gasteiger charge is 2.31. The van der Waals surface area contributed by atoms with Gasteiger partial charge in [-0.15, -0.1) is 0 Å². The lowest BCUT2D eigenvalue weighted by molar-refractivity contribution is -0.137. The summed E-state index contributed by atoms with van der Waals surface area (Å²) < 4.78 is 84.5. The zero-order valence-electron chi connectivity index (χ0n) is 24.9. The molecule has 0 bridgehead atoms. The molecule has 4 aromatic rings. The van der Waals surface area contributed by atoms with E-state index in [1.807, 2.05) is 24.3 Å². The van der Waals surface area contributed by atoms with E-state index in [1.165, 1.54) is 18.3 Å². The van der Waals surface area contributed by atoms with E-state index in [0.29, 0.717) is 65.4 Å². The molecule has 0 saturated carbocycles. The number of amides is 2. The number of nitrogens with zero attached hydrogens (tertiary/aromatic N) is 4. The highest BCUT2D eigenvalue weighted by Crippen LogP contribution is 2.33. The summed E-state index contributed by atoms with van der Waals surface area (Å²) in [5.74, 6) is -1.39. The van der Waals surface area contributed by atoms with Gasteiger partial charge in [0.25, 0.3) is 0 Å². The van der Waals surface area contributed by atoms with Crippen LogP contribution in [0.3, 0.4) is 0 Å². The molecule has 4 rings (SSSR count). The summed E-state index contributed by atoms with van der Waals surface area (Å²) in [6.07, 6.45) is -3.27. The predicted octanol–water partition coefficient (Wildman–Crippen LogP) is 7.33. The highest BCUT2D eigenvalue weighted by atomic mass is 32.2. The van der Waals surface area contributed by atoms with E-state index in [9.17, 15) is 26.6 Å². The fraction of sp³-hybridized carbons (Fsp3) is 0.233. The largest absolute Gasteiger partial charge is 0.440 e. The minimum absolute atomic E-state index is 0.212. The first kappa shape index (κ1) is 34.1. The van der Waals surface area contributed by atoms with E-state index >= 15 is 4.39 Å². The molecule has 0 fully saturated rings. The second-order valence-electron chi connectivity index (χ2n) is 10.00. The third kappa shape index (κ3) is 9.10. The molecule has 4 N–H and O–H groups in total. The fourth-order valence-electron chi connectivity index (χ4n) is 4.05. The summed E-state index contributed by atoms with van der Waals surface area (Å²) in [6, 6.07) is 11.1. The van der Waals surface area contributed by atoms with Crippen molar-refractivity contribution in [3.8, 4) is 11.1 Å². The molecule has 0 spiro atoms. The Bertz CT molecular complexity index is 1800. The Hall–Kier alpha value is -4.83. The van der Waals surface area contributed by atoms with E-state index in [1.54, 1.807) is 31.2 Å². The van der Waals surface area contributed by atoms with E-state index < -0.39 is 45.7 Å². The maximum atomic E-state index is 15.2. The van der Waals surface area contributed by atoms with Gasteiger partial charge >= 0.3 is 12.2 Å². The van der Waals surface area contributed by atoms with Gasteiger partial charge in [-0.3, -0.25) is 0 Å². The van der Waals surface area contributed by atoms with Crippen molar-refractivity contribution in [1.82, 2.24) is 14.9 Å². The number of nitrogens with one attached hydrogen (secondary N) is 4. The number of carbonyl (C=O) groups excluding carboxylic acids is 1. The number of likely N-dealkylation sites (N-methyl/N-ethyl adjacent to an activating group) is 1. The molecule has 3 aromatic carbocycles. The van der Waals surface area contributed by atoms with Crippen molar-refractivity contribution < 1.29 is 31.0 Å². The molecule has 1 aromatic heterocycles. The molecule has 16 heteroatoms. The molecule has 10 nitrogen and oxygen atoms in total. The molecular formula is C30H30F5N8O2S-. The first-order chi connectivity index (χ1) is 21.8. The van der Waals surface area contributed by atoms with Crippen molar-refractivity contribution in [2.75, 3.05) is 55.0 Å². The van der Waals surface area contributed by atoms with Gasteiger partial charge in [-0.05, 0) is 63.0 Å². The Morgan fingerprint density at radius 1 is 0.978 bits per heavy atom. The van der Waals surface area contributed by atoms with Crippen LogP contribution in [0.5, 0.6) is 0 Å². The average molecular weight is 662 g/mol. The molecule has 244 valence electrons. The van der Waals surface area contributed by atoms with Gasteiger partial charge in [-0.1, -0.05) is 29.2 Å². The lowest BCUT2D eigenvalue weighted by Gasteiger charge is -2.16. The number of aromatic nitrogens is 2. The quantitative estimate of drug-likeness (QED) is 0.0981. The van der Waals surface area contributed by atoms with E-state index in [-0.39, 0.29) is 11.6 Å². The summed E-state index contributed by atoms with van der Waals surface area (Å²) in [5.41, 5.74) is -0.826. The standard InChI is InChI=1S/C30H30F5N8O2S/c1-4-38-46(45)21-7-5-6-20(16-21)39-28-37-17-22(27(42-28)36-12-13-43(2)3)18-8-11-25(24(32)14-18)40-29(44)41-26-15-19(30(33,34)35)9-10-23(26)31/h5-11,14-17H,4,12-13H2,1-3H3,(H2,40,41,44)(H2,36,37,39,42)/q-1. The monoisotopic (exact) mass is 661 g/mol. The smallest absolute Gasteiger partial charge is 0.416 e. The number of benzene rings is 3. The Balaban J connectivity index is 1.56. The number of anilines is 5. The number of halogens is 5. The van der Waals surface area contributed by atoms with Gasteiger partial charge in [0.15, 0.2) is 0 Å². The zero-order chi connectivity index (χ0) is 33.4. The lowest BCUT2D eigenvalue weighted by Crippen LogP contribution is -2.21. The van der Waals surface area contributed by atoms with Crippen molar-refractivity contribution in [2.45, 2.75) is 18.0 Å². The van der Waals surface area contributed by atoms with Crippen molar-refractivity contribution >= 4 is 45.5 Å². The molecule has 0 aliphatic carbocycles. The first-order valence-electron chi connectivity index (χ1n) is 13.8. The maximum absolute atomic E-state index is 15.2. The number of hydrogen-bond donors (Lipinski definition) is 4. The van der Waals surface area contributed by atoms with Crippen molar-refractivity contribution in [1.29, 1.82) is 0 Å². The number of hydrogen-bond acceptors (Lipinski definition) is 9. The number of urea groups is 1. The van der Waals surface area contributed by atoms with Gasteiger partial charge < -0.3 is 34.7 Å². The third-order valence-electron chi connectivity index (χ3n) is 6.25. The zero-order valence-corrected chi connectivity index (χ0v) is 25.7. The van der Waals surface area contributed by atoms with Gasteiger partial charge in [0.05, 0.1) is 16.9 Å². The Morgan fingerprint density at radius 3 is 2.43 bits per heavy atom. The van der Waals surface area contributed by atoms with Crippen molar-refractivity contribution in [3.05, 3.63) is 84.1 Å². The van der Waals surface area contributed by atoms with Crippen molar-refractivity contribution in [2.24, 2.45) is 4.36 Å². The van der Waals surface area contributed by atoms with Gasteiger partial charge in [0.2, 0.25) is 5.95 Å². The van der Waals surface area contributed by atoms with Crippen LogP contribution < -0.4 is 21.3 Å². The summed E-state index contributed by atoms with van der Waals surface area (Å²) in [4.78, 5) is 23.8. The van der Waals surface area contributed by atoms with Gasteiger partial charge in [0.1, 0.15) is 17.5 Å². The fourth-order valence-corrected chi connectivity index (χ4v) is 4.85. The lowest BCUT2D eigenvalue weighted by atomic mass is 10.1. The number of rotatable bonds is 11. The molecule has 1 heterocycles. The minimum atomic E-state index is -4.75. The second-order valence-corrected chi connectivity index (χ2v) is 11.2. The summed E-state index contributed by atoms with van der Waals surface area (Å²) in [6.45, 7) is 3.33. The van der Waals surface area contributed by atoms with Crippen molar-refractivity contribution in [3.63, 3.8) is 0 Å². The van der Waals surface area contributed by atoms with Crippen LogP contribution in [0.15, 0.2) is 76.1 Å². The third-order valence-corrected chi connectivity index (χ3v) is 7.40. The summed E-state index contributed by atoms with van der Waals surface area (Å²) in [5, 5.41) is 10.4. The molecule has 0 atom stereocenters. The maximum Gasteiger partial charge on any atom is 0.416 e. The van der Waals surface area contributed by atoms with E-state index in [0.717, 1.165) is 6.07 Å². The average Bonchev–Trinajstić information content (AvgIpc) is 2.99. The molecule has 0 aliphatic rings. The van der Waals surface area contributed by atoms with Gasteiger partial charge in [-0.2, -0.15) is 28.8 Å². The molecule has 0 radical (unpaired) electrons. The number of carbonyl (C=O) groups is 1. The van der Waals surface area contributed by atoms with E-state index in [2.05, 4.69) is 30.3 Å². The topological polar surface area (TPSA) is 124 Å². The molecule has 2 amide bonds. The summed E-state index contributed by atoms with van der Waals surface area (Å²) >= 11 is 0. The second kappa shape index (κ2) is 15.0. The predicted molar refractivity (Wildman–Crippen MR) is 168 cm³/mol. The SMILES string of the molecule is CCN=[S-](=O)c1cccc(Nc2ncc(-c3ccc(NC(=O)Nc4cc(C(F)(F)F)ccc4F)c(F)c3)c(NCCN(C)C)n2)c1. The van der Waals surface area contributed by atoms with Crippen LogP contribution in [0.1, 0.15) is 12.5 Å². The number of alkyl halides is 3. The van der Waals surface area contributed by atoms with Crippen LogP contribution in [-0.2, 0) is 21.0 Å². The van der Waals surface area contributed by atoms with Crippen LogP contribution in [-0.4, -0.2) is 54.6 Å². The molecular weight excluding hydrogens is 631 g/mol. The molecule has 46 heavy (non-hydrogen) atoms. The van der Waals surface area contributed by atoms with Crippen LogP contribution in [0.4, 0.5) is 55.6 Å². The van der Waals surface area contributed by atoms with Crippen LogP contribution in [0, 0.1) is 11.6 Å². The van der Waals surface area contributed by atoms with Crippen LogP contribution in [0.2, 0.25) is 0 Å². The Kier molecular flexibility index (Phi) is 11.1. The molecule has 0 aliphatic heterocycles. The Labute approximate surface area is 263 Å². The van der Waals surface area contributed by atoms with Crippen LogP contribution in [0.25, 0.3) is 11.1 Å². The molecule has 0 unspecified atom stereocenters. The van der Waals surface area contributed by atoms with Crippen LogP contribution >= 0.6 is 0 Å². The van der Waals surface area contributed by atoms with Gasteiger partial charge in [-0.25, -0.2) is 18.6 Å².